The lowest BCUT2D eigenvalue weighted by molar-refractivity contribution is 0.264. The second-order valence-corrected chi connectivity index (χ2v) is 8.47. The van der Waals surface area contributed by atoms with E-state index in [0.29, 0.717) is 5.41 Å². The molecule has 0 aromatic carbocycles. The molecular formula is C19H37N3. The van der Waals surface area contributed by atoms with Crippen molar-refractivity contribution in [1.82, 2.24) is 10.6 Å². The average molecular weight is 308 g/mol. The first-order chi connectivity index (χ1) is 10.8. The van der Waals surface area contributed by atoms with Gasteiger partial charge in [0.15, 0.2) is 0 Å². The summed E-state index contributed by atoms with van der Waals surface area (Å²) in [5.74, 6) is 1.72. The van der Waals surface area contributed by atoms with Crippen molar-refractivity contribution in [2.75, 3.05) is 26.2 Å². The molecule has 0 unspecified atom stereocenters. The van der Waals surface area contributed by atoms with Crippen LogP contribution < -0.4 is 16.4 Å². The van der Waals surface area contributed by atoms with Crippen LogP contribution in [-0.2, 0) is 0 Å². The van der Waals surface area contributed by atoms with Gasteiger partial charge in [0.25, 0.3) is 0 Å². The number of rotatable bonds is 8. The monoisotopic (exact) mass is 307 g/mol. The number of nitrogens with one attached hydrogen (secondary N) is 2. The van der Waals surface area contributed by atoms with Crippen LogP contribution in [0.5, 0.6) is 0 Å². The van der Waals surface area contributed by atoms with Crippen LogP contribution in [0.4, 0.5) is 0 Å². The topological polar surface area (TPSA) is 50.1 Å². The van der Waals surface area contributed by atoms with E-state index in [9.17, 15) is 0 Å². The smallest absolute Gasteiger partial charge is 0.00673 e. The molecule has 128 valence electrons. The van der Waals surface area contributed by atoms with Gasteiger partial charge in [-0.25, -0.2) is 0 Å². The summed E-state index contributed by atoms with van der Waals surface area (Å²) < 4.78 is 0. The van der Waals surface area contributed by atoms with E-state index >= 15 is 0 Å². The molecule has 0 radical (unpaired) electrons. The summed E-state index contributed by atoms with van der Waals surface area (Å²) in [6.45, 7) is 4.63. The van der Waals surface area contributed by atoms with Gasteiger partial charge in [0.05, 0.1) is 0 Å². The van der Waals surface area contributed by atoms with E-state index < -0.39 is 0 Å². The molecule has 3 aliphatic rings. The average Bonchev–Trinajstić information content (AvgIpc) is 3.35. The van der Waals surface area contributed by atoms with Gasteiger partial charge in [-0.15, -0.1) is 0 Å². The number of hydrogen-bond acceptors (Lipinski definition) is 3. The maximum absolute atomic E-state index is 5.79. The number of hydrogen-bond donors (Lipinski definition) is 3. The summed E-state index contributed by atoms with van der Waals surface area (Å²) in [5.41, 5.74) is 6.39. The van der Waals surface area contributed by atoms with Gasteiger partial charge >= 0.3 is 0 Å². The zero-order valence-electron chi connectivity index (χ0n) is 14.4. The molecule has 3 saturated carbocycles. The first-order valence-electron chi connectivity index (χ1n) is 9.94. The predicted octanol–water partition coefficient (Wildman–Crippen LogP) is 3.04. The first-order valence-corrected chi connectivity index (χ1v) is 9.94. The van der Waals surface area contributed by atoms with Gasteiger partial charge in [-0.05, 0) is 81.7 Å². The SMILES string of the molecule is NCC1CCC(CNCC2(CNC3CCCCC3)CC2)CC1. The van der Waals surface area contributed by atoms with Crippen molar-refractivity contribution in [3.05, 3.63) is 0 Å². The largest absolute Gasteiger partial charge is 0.330 e. The Morgan fingerprint density at radius 3 is 2.14 bits per heavy atom. The van der Waals surface area contributed by atoms with E-state index in [0.717, 1.165) is 24.4 Å². The van der Waals surface area contributed by atoms with Crippen molar-refractivity contribution < 1.29 is 0 Å². The molecular weight excluding hydrogens is 270 g/mol. The lowest BCUT2D eigenvalue weighted by atomic mass is 9.82. The molecule has 0 amide bonds. The van der Waals surface area contributed by atoms with Crippen molar-refractivity contribution in [3.8, 4) is 0 Å². The fourth-order valence-electron chi connectivity index (χ4n) is 4.47. The van der Waals surface area contributed by atoms with Gasteiger partial charge in [0.1, 0.15) is 0 Å². The van der Waals surface area contributed by atoms with Gasteiger partial charge in [0.2, 0.25) is 0 Å². The predicted molar refractivity (Wildman–Crippen MR) is 93.9 cm³/mol. The Kier molecular flexibility index (Phi) is 6.17. The van der Waals surface area contributed by atoms with E-state index in [1.54, 1.807) is 0 Å². The lowest BCUT2D eigenvalue weighted by Crippen LogP contribution is -2.40. The van der Waals surface area contributed by atoms with Crippen LogP contribution in [0.25, 0.3) is 0 Å². The molecule has 0 saturated heterocycles. The highest BCUT2D eigenvalue weighted by Crippen LogP contribution is 2.44. The maximum Gasteiger partial charge on any atom is 0.00673 e. The minimum absolute atomic E-state index is 0.603. The molecule has 0 atom stereocenters. The third-order valence-electron chi connectivity index (χ3n) is 6.56. The van der Waals surface area contributed by atoms with E-state index in [4.69, 9.17) is 5.73 Å². The van der Waals surface area contributed by atoms with Crippen LogP contribution in [0.3, 0.4) is 0 Å². The zero-order valence-corrected chi connectivity index (χ0v) is 14.4. The van der Waals surface area contributed by atoms with Crippen molar-refractivity contribution >= 4 is 0 Å². The highest BCUT2D eigenvalue weighted by molar-refractivity contribution is 4.97. The summed E-state index contributed by atoms with van der Waals surface area (Å²) >= 11 is 0. The van der Waals surface area contributed by atoms with Crippen molar-refractivity contribution in [2.45, 2.75) is 76.7 Å². The Labute approximate surface area is 137 Å². The van der Waals surface area contributed by atoms with Gasteiger partial charge in [-0.1, -0.05) is 19.3 Å². The molecule has 3 nitrogen and oxygen atoms in total. The molecule has 0 aromatic rings. The Morgan fingerprint density at radius 2 is 1.50 bits per heavy atom. The highest BCUT2D eigenvalue weighted by atomic mass is 15.0. The minimum Gasteiger partial charge on any atom is -0.330 e. The Bertz CT molecular complexity index is 313. The van der Waals surface area contributed by atoms with Crippen molar-refractivity contribution in [2.24, 2.45) is 23.0 Å². The van der Waals surface area contributed by atoms with E-state index in [-0.39, 0.29) is 0 Å². The van der Waals surface area contributed by atoms with Crippen LogP contribution in [0, 0.1) is 17.3 Å². The molecule has 22 heavy (non-hydrogen) atoms. The van der Waals surface area contributed by atoms with Crippen LogP contribution in [-0.4, -0.2) is 32.2 Å². The Balaban J connectivity index is 1.28. The standard InChI is InChI=1S/C19H37N3/c20-12-16-6-8-17(9-7-16)13-21-14-19(10-11-19)15-22-18-4-2-1-3-5-18/h16-18,21-22H,1-15,20H2. The zero-order chi connectivity index (χ0) is 15.3. The minimum atomic E-state index is 0.603. The van der Waals surface area contributed by atoms with Crippen LogP contribution in [0.1, 0.15) is 70.6 Å². The molecule has 3 heteroatoms. The summed E-state index contributed by atoms with van der Waals surface area (Å²) in [5, 5.41) is 7.68. The second kappa shape index (κ2) is 8.12. The lowest BCUT2D eigenvalue weighted by Gasteiger charge is -2.29. The summed E-state index contributed by atoms with van der Waals surface area (Å²) in [6.07, 6.45) is 15.5. The molecule has 3 aliphatic carbocycles. The summed E-state index contributed by atoms with van der Waals surface area (Å²) in [4.78, 5) is 0. The Morgan fingerprint density at radius 1 is 0.818 bits per heavy atom. The van der Waals surface area contributed by atoms with E-state index in [2.05, 4.69) is 10.6 Å². The van der Waals surface area contributed by atoms with Crippen LogP contribution >= 0.6 is 0 Å². The van der Waals surface area contributed by atoms with Gasteiger partial charge < -0.3 is 16.4 Å². The fourth-order valence-corrected chi connectivity index (χ4v) is 4.47. The van der Waals surface area contributed by atoms with E-state index in [1.807, 2.05) is 0 Å². The molecule has 0 spiro atoms. The second-order valence-electron chi connectivity index (χ2n) is 8.47. The fraction of sp³-hybridized carbons (Fsp3) is 1.00. The van der Waals surface area contributed by atoms with Gasteiger partial charge in [-0.3, -0.25) is 0 Å². The Hall–Kier alpha value is -0.120. The van der Waals surface area contributed by atoms with Gasteiger partial charge in [0, 0.05) is 19.1 Å². The molecule has 0 aromatic heterocycles. The van der Waals surface area contributed by atoms with E-state index in [1.165, 1.54) is 90.3 Å². The van der Waals surface area contributed by atoms with Crippen LogP contribution in [0.15, 0.2) is 0 Å². The molecule has 3 fully saturated rings. The molecule has 3 rings (SSSR count). The molecule has 0 bridgehead atoms. The third kappa shape index (κ3) is 4.94. The quantitative estimate of drug-likeness (QED) is 0.646. The molecule has 0 heterocycles. The normalized spacial score (nSPS) is 32.0. The summed E-state index contributed by atoms with van der Waals surface area (Å²) in [6, 6.07) is 0.817. The summed E-state index contributed by atoms with van der Waals surface area (Å²) in [7, 11) is 0. The van der Waals surface area contributed by atoms with Crippen molar-refractivity contribution in [3.63, 3.8) is 0 Å². The third-order valence-corrected chi connectivity index (χ3v) is 6.56. The maximum atomic E-state index is 5.79. The van der Waals surface area contributed by atoms with Crippen LogP contribution in [0.2, 0.25) is 0 Å². The highest BCUT2D eigenvalue weighted by Gasteiger charge is 2.42. The molecule has 4 N–H and O–H groups in total. The van der Waals surface area contributed by atoms with Gasteiger partial charge in [-0.2, -0.15) is 0 Å². The molecule has 0 aliphatic heterocycles. The first kappa shape index (κ1) is 16.7. The van der Waals surface area contributed by atoms with Crippen molar-refractivity contribution in [1.29, 1.82) is 0 Å². The number of nitrogens with two attached hydrogens (primary N) is 1.